The Morgan fingerprint density at radius 1 is 1.47 bits per heavy atom. The van der Waals surface area contributed by atoms with E-state index in [1.807, 2.05) is 6.92 Å². The van der Waals surface area contributed by atoms with Crippen molar-refractivity contribution in [1.82, 2.24) is 0 Å². The molecule has 15 heavy (non-hydrogen) atoms. The summed E-state index contributed by atoms with van der Waals surface area (Å²) in [5.41, 5.74) is 4.56. The third-order valence-corrected chi connectivity index (χ3v) is 2.69. The van der Waals surface area contributed by atoms with Crippen LogP contribution >= 0.6 is 0 Å². The molecule has 1 unspecified atom stereocenters. The largest absolute Gasteiger partial charge is 0.494 e. The zero-order valence-corrected chi connectivity index (χ0v) is 8.47. The Labute approximate surface area is 87.0 Å². The smallest absolute Gasteiger partial charge is 0.272 e. The van der Waals surface area contributed by atoms with Crippen molar-refractivity contribution in [2.75, 3.05) is 6.61 Å². The molecule has 1 saturated carbocycles. The molecule has 0 heterocycles. The molecule has 82 valence electrons. The van der Waals surface area contributed by atoms with E-state index in [4.69, 9.17) is 10.5 Å². The molecular formula is C11H13F2NO. The number of halogens is 2. The number of hydrogen-bond acceptors (Lipinski definition) is 2. The molecule has 0 radical (unpaired) electrons. The molecular weight excluding hydrogens is 200 g/mol. The highest BCUT2D eigenvalue weighted by atomic mass is 19.3. The number of ether oxygens (including phenoxy) is 1. The minimum Gasteiger partial charge on any atom is -0.494 e. The van der Waals surface area contributed by atoms with E-state index in [0.717, 1.165) is 0 Å². The van der Waals surface area contributed by atoms with E-state index in [0.29, 0.717) is 17.9 Å². The molecule has 2 nitrogen and oxygen atoms in total. The molecule has 1 aliphatic rings. The van der Waals surface area contributed by atoms with Gasteiger partial charge < -0.3 is 10.5 Å². The first-order valence-corrected chi connectivity index (χ1v) is 4.90. The second kappa shape index (κ2) is 3.17. The molecule has 1 atom stereocenters. The van der Waals surface area contributed by atoms with E-state index in [2.05, 4.69) is 0 Å². The van der Waals surface area contributed by atoms with Crippen LogP contribution in [0.4, 0.5) is 8.78 Å². The van der Waals surface area contributed by atoms with Crippen molar-refractivity contribution in [2.45, 2.75) is 24.8 Å². The lowest BCUT2D eigenvalue weighted by molar-refractivity contribution is 0.0890. The fourth-order valence-electron chi connectivity index (χ4n) is 1.65. The van der Waals surface area contributed by atoms with Crippen LogP contribution in [-0.4, -0.2) is 12.5 Å². The van der Waals surface area contributed by atoms with Gasteiger partial charge in [-0.25, -0.2) is 8.78 Å². The number of rotatable bonds is 3. The van der Waals surface area contributed by atoms with Crippen LogP contribution in [0, 0.1) is 0 Å². The molecule has 0 spiro atoms. The van der Waals surface area contributed by atoms with Gasteiger partial charge in [-0.1, -0.05) is 12.1 Å². The summed E-state index contributed by atoms with van der Waals surface area (Å²) in [4.78, 5) is 0. The van der Waals surface area contributed by atoms with Gasteiger partial charge >= 0.3 is 0 Å². The van der Waals surface area contributed by atoms with E-state index < -0.39 is 11.5 Å². The van der Waals surface area contributed by atoms with E-state index >= 15 is 0 Å². The van der Waals surface area contributed by atoms with Crippen LogP contribution in [0.1, 0.15) is 18.9 Å². The fraction of sp³-hybridized carbons (Fsp3) is 0.455. The van der Waals surface area contributed by atoms with E-state index in [-0.39, 0.29) is 6.42 Å². The van der Waals surface area contributed by atoms with E-state index in [1.54, 1.807) is 24.3 Å². The Morgan fingerprint density at radius 2 is 2.13 bits per heavy atom. The summed E-state index contributed by atoms with van der Waals surface area (Å²) >= 11 is 0. The van der Waals surface area contributed by atoms with Crippen LogP contribution in [0.5, 0.6) is 5.75 Å². The van der Waals surface area contributed by atoms with Crippen molar-refractivity contribution in [3.8, 4) is 5.75 Å². The third-order valence-electron chi connectivity index (χ3n) is 2.69. The van der Waals surface area contributed by atoms with Gasteiger partial charge in [-0.3, -0.25) is 0 Å². The highest BCUT2D eigenvalue weighted by molar-refractivity contribution is 5.40. The molecule has 0 amide bonds. The first-order chi connectivity index (χ1) is 6.99. The maximum Gasteiger partial charge on any atom is 0.272 e. The van der Waals surface area contributed by atoms with Gasteiger partial charge in [0.2, 0.25) is 0 Å². The quantitative estimate of drug-likeness (QED) is 0.836. The van der Waals surface area contributed by atoms with Gasteiger partial charge in [0, 0.05) is 6.42 Å². The predicted molar refractivity (Wildman–Crippen MR) is 53.0 cm³/mol. The maximum absolute atomic E-state index is 13.0. The minimum absolute atomic E-state index is 0.282. The highest BCUT2D eigenvalue weighted by Crippen LogP contribution is 2.57. The van der Waals surface area contributed by atoms with Gasteiger partial charge in [-0.05, 0) is 24.6 Å². The maximum atomic E-state index is 13.0. The Hall–Kier alpha value is -1.16. The van der Waals surface area contributed by atoms with Crippen LogP contribution in [0.15, 0.2) is 24.3 Å². The second-order valence-electron chi connectivity index (χ2n) is 3.81. The second-order valence-corrected chi connectivity index (χ2v) is 3.81. The number of benzene rings is 1. The average molecular weight is 213 g/mol. The first-order valence-electron chi connectivity index (χ1n) is 4.90. The predicted octanol–water partition coefficient (Wildman–Crippen LogP) is 2.28. The minimum atomic E-state index is -2.78. The Kier molecular flexibility index (Phi) is 2.19. The summed E-state index contributed by atoms with van der Waals surface area (Å²) in [6.07, 6.45) is -0.282. The van der Waals surface area contributed by atoms with Crippen molar-refractivity contribution in [3.63, 3.8) is 0 Å². The van der Waals surface area contributed by atoms with Crippen LogP contribution in [0.2, 0.25) is 0 Å². The van der Waals surface area contributed by atoms with Crippen LogP contribution in [0.3, 0.4) is 0 Å². The third kappa shape index (κ3) is 1.59. The van der Waals surface area contributed by atoms with Gasteiger partial charge in [-0.2, -0.15) is 0 Å². The van der Waals surface area contributed by atoms with Gasteiger partial charge in [0.05, 0.1) is 6.61 Å². The van der Waals surface area contributed by atoms with Gasteiger partial charge in [0.15, 0.2) is 0 Å². The average Bonchev–Trinajstić information content (AvgIpc) is 2.69. The topological polar surface area (TPSA) is 35.2 Å². The lowest BCUT2D eigenvalue weighted by Gasteiger charge is -2.12. The zero-order valence-electron chi connectivity index (χ0n) is 8.47. The van der Waals surface area contributed by atoms with E-state index in [1.165, 1.54) is 0 Å². The number of nitrogens with two attached hydrogens (primary N) is 1. The summed E-state index contributed by atoms with van der Waals surface area (Å²) in [6.45, 7) is 2.36. The summed E-state index contributed by atoms with van der Waals surface area (Å²) in [6, 6.07) is 6.62. The molecule has 1 aliphatic carbocycles. The van der Waals surface area contributed by atoms with Crippen molar-refractivity contribution in [1.29, 1.82) is 0 Å². The molecule has 4 heteroatoms. The van der Waals surface area contributed by atoms with Crippen molar-refractivity contribution >= 4 is 0 Å². The molecule has 1 aromatic rings. The molecule has 1 aromatic carbocycles. The lowest BCUT2D eigenvalue weighted by atomic mass is 10.1. The first kappa shape index (κ1) is 10.4. The SMILES string of the molecule is CCOc1cccc(C2(N)CC2(F)F)c1. The molecule has 0 saturated heterocycles. The van der Waals surface area contributed by atoms with Crippen LogP contribution < -0.4 is 10.5 Å². The monoisotopic (exact) mass is 213 g/mol. The Balaban J connectivity index is 2.27. The van der Waals surface area contributed by atoms with Crippen molar-refractivity contribution < 1.29 is 13.5 Å². The van der Waals surface area contributed by atoms with Crippen LogP contribution in [0.25, 0.3) is 0 Å². The van der Waals surface area contributed by atoms with Gasteiger partial charge in [0.1, 0.15) is 11.3 Å². The van der Waals surface area contributed by atoms with Crippen LogP contribution in [-0.2, 0) is 5.54 Å². The molecule has 0 bridgehead atoms. The van der Waals surface area contributed by atoms with Gasteiger partial charge in [0.25, 0.3) is 5.92 Å². The normalized spacial score (nSPS) is 27.5. The Morgan fingerprint density at radius 3 is 2.67 bits per heavy atom. The van der Waals surface area contributed by atoms with Gasteiger partial charge in [-0.15, -0.1) is 0 Å². The number of alkyl halides is 2. The number of hydrogen-bond donors (Lipinski definition) is 1. The van der Waals surface area contributed by atoms with Crippen molar-refractivity contribution in [3.05, 3.63) is 29.8 Å². The molecule has 2 rings (SSSR count). The summed E-state index contributed by atoms with van der Waals surface area (Å²) < 4.78 is 31.3. The summed E-state index contributed by atoms with van der Waals surface area (Å²) in [7, 11) is 0. The summed E-state index contributed by atoms with van der Waals surface area (Å²) in [5, 5.41) is 0. The zero-order chi connectivity index (χ0) is 11.1. The standard InChI is InChI=1S/C11H13F2NO/c1-2-15-9-5-3-4-8(6-9)10(14)7-11(10,12)13/h3-6H,2,7,14H2,1H3. The summed E-state index contributed by atoms with van der Waals surface area (Å²) in [5.74, 6) is -2.19. The molecule has 0 aliphatic heterocycles. The lowest BCUT2D eigenvalue weighted by Crippen LogP contribution is -2.27. The Bertz CT molecular complexity index is 381. The van der Waals surface area contributed by atoms with Crippen molar-refractivity contribution in [2.24, 2.45) is 5.73 Å². The fourth-order valence-corrected chi connectivity index (χ4v) is 1.65. The molecule has 2 N–H and O–H groups in total. The highest BCUT2D eigenvalue weighted by Gasteiger charge is 2.69. The van der Waals surface area contributed by atoms with E-state index in [9.17, 15) is 8.78 Å². The molecule has 1 fully saturated rings. The molecule has 0 aromatic heterocycles.